The number of carbonyl (C=O) groups is 1. The van der Waals surface area contributed by atoms with Crippen LogP contribution in [-0.4, -0.2) is 29.6 Å². The van der Waals surface area contributed by atoms with Gasteiger partial charge in [0.2, 0.25) is 0 Å². The van der Waals surface area contributed by atoms with Crippen molar-refractivity contribution in [3.05, 3.63) is 29.8 Å². The minimum absolute atomic E-state index is 0.0303. The Hall–Kier alpha value is -2.24. The number of amides is 1. The molecule has 1 atom stereocenters. The smallest absolute Gasteiger partial charge is 0.258 e. The van der Waals surface area contributed by atoms with Crippen molar-refractivity contribution in [1.82, 2.24) is 5.32 Å². The van der Waals surface area contributed by atoms with Gasteiger partial charge in [0.25, 0.3) is 5.91 Å². The lowest BCUT2D eigenvalue weighted by Crippen LogP contribution is -2.35. The van der Waals surface area contributed by atoms with E-state index in [2.05, 4.69) is 17.4 Å². The standard InChI is InChI=1S/C14H21N3O3/c1-3-4-10(2)16-13(18)9-20-12-7-5-11(6-8-12)14(15)17-19/h5-8,10,19H,3-4,9H2,1-2H3,(H2,15,17)(H,16,18). The van der Waals surface area contributed by atoms with Gasteiger partial charge in [-0.1, -0.05) is 18.5 Å². The predicted octanol–water partition coefficient (Wildman–Crippen LogP) is 1.46. The van der Waals surface area contributed by atoms with E-state index in [-0.39, 0.29) is 24.4 Å². The molecule has 0 heterocycles. The fourth-order valence-corrected chi connectivity index (χ4v) is 1.75. The van der Waals surface area contributed by atoms with Crippen molar-refractivity contribution in [2.45, 2.75) is 32.7 Å². The van der Waals surface area contributed by atoms with Crippen molar-refractivity contribution in [3.63, 3.8) is 0 Å². The van der Waals surface area contributed by atoms with Crippen molar-refractivity contribution in [3.8, 4) is 5.75 Å². The maximum absolute atomic E-state index is 11.6. The molecule has 0 aliphatic carbocycles. The number of oxime groups is 1. The van der Waals surface area contributed by atoms with Crippen LogP contribution in [0.25, 0.3) is 0 Å². The van der Waals surface area contributed by atoms with Crippen LogP contribution in [0.3, 0.4) is 0 Å². The third-order valence-corrected chi connectivity index (χ3v) is 2.76. The molecule has 1 rings (SSSR count). The predicted molar refractivity (Wildman–Crippen MR) is 77.0 cm³/mol. The number of amidine groups is 1. The first kappa shape index (κ1) is 15.8. The second kappa shape index (κ2) is 8.04. The molecule has 0 bridgehead atoms. The van der Waals surface area contributed by atoms with Gasteiger partial charge in [0.15, 0.2) is 12.4 Å². The quantitative estimate of drug-likeness (QED) is 0.305. The topological polar surface area (TPSA) is 96.9 Å². The summed E-state index contributed by atoms with van der Waals surface area (Å²) in [6.45, 7) is 4.01. The normalized spacial score (nSPS) is 12.8. The van der Waals surface area contributed by atoms with Crippen molar-refractivity contribution in [1.29, 1.82) is 0 Å². The maximum Gasteiger partial charge on any atom is 0.258 e. The zero-order chi connectivity index (χ0) is 15.0. The lowest BCUT2D eigenvalue weighted by Gasteiger charge is -2.13. The van der Waals surface area contributed by atoms with Crippen molar-refractivity contribution >= 4 is 11.7 Å². The molecule has 0 radical (unpaired) electrons. The fraction of sp³-hybridized carbons (Fsp3) is 0.429. The Morgan fingerprint density at radius 3 is 2.65 bits per heavy atom. The van der Waals surface area contributed by atoms with Gasteiger partial charge in [-0.25, -0.2) is 0 Å². The molecule has 0 aliphatic rings. The third kappa shape index (κ3) is 5.17. The lowest BCUT2D eigenvalue weighted by molar-refractivity contribution is -0.123. The number of nitrogens with two attached hydrogens (primary N) is 1. The number of benzene rings is 1. The molecule has 1 unspecified atom stereocenters. The van der Waals surface area contributed by atoms with Crippen molar-refractivity contribution in [2.24, 2.45) is 10.9 Å². The van der Waals surface area contributed by atoms with E-state index >= 15 is 0 Å². The first-order valence-electron chi connectivity index (χ1n) is 6.57. The third-order valence-electron chi connectivity index (χ3n) is 2.76. The van der Waals surface area contributed by atoms with Crippen LogP contribution in [-0.2, 0) is 4.79 Å². The first-order valence-corrected chi connectivity index (χ1v) is 6.57. The minimum Gasteiger partial charge on any atom is -0.484 e. The average Bonchev–Trinajstić information content (AvgIpc) is 2.45. The summed E-state index contributed by atoms with van der Waals surface area (Å²) in [7, 11) is 0. The molecule has 110 valence electrons. The first-order chi connectivity index (χ1) is 9.56. The van der Waals surface area contributed by atoms with Gasteiger partial charge in [-0.2, -0.15) is 0 Å². The summed E-state index contributed by atoms with van der Waals surface area (Å²) >= 11 is 0. The van der Waals surface area contributed by atoms with Gasteiger partial charge in [-0.05, 0) is 37.6 Å². The Bertz CT molecular complexity index is 457. The molecule has 0 aromatic heterocycles. The van der Waals surface area contributed by atoms with E-state index in [4.69, 9.17) is 15.7 Å². The summed E-state index contributed by atoms with van der Waals surface area (Å²) in [4.78, 5) is 11.6. The SMILES string of the molecule is CCCC(C)NC(=O)COc1ccc(/C(N)=N/O)cc1. The molecular weight excluding hydrogens is 258 g/mol. The van der Waals surface area contributed by atoms with E-state index in [0.29, 0.717) is 11.3 Å². The van der Waals surface area contributed by atoms with Gasteiger partial charge in [-0.3, -0.25) is 4.79 Å². The van der Waals surface area contributed by atoms with Gasteiger partial charge < -0.3 is 21.0 Å². The molecule has 0 saturated heterocycles. The second-order valence-electron chi connectivity index (χ2n) is 4.56. The van der Waals surface area contributed by atoms with Crippen molar-refractivity contribution < 1.29 is 14.7 Å². The van der Waals surface area contributed by atoms with Crippen molar-refractivity contribution in [2.75, 3.05) is 6.61 Å². The highest BCUT2D eigenvalue weighted by Gasteiger charge is 2.07. The van der Waals surface area contributed by atoms with Gasteiger partial charge >= 0.3 is 0 Å². The fourth-order valence-electron chi connectivity index (χ4n) is 1.75. The van der Waals surface area contributed by atoms with Gasteiger partial charge in [0.05, 0.1) is 0 Å². The minimum atomic E-state index is -0.147. The number of ether oxygens (including phenoxy) is 1. The highest BCUT2D eigenvalue weighted by molar-refractivity contribution is 5.97. The Kier molecular flexibility index (Phi) is 6.36. The van der Waals surface area contributed by atoms with E-state index in [1.807, 2.05) is 6.92 Å². The molecule has 1 amide bonds. The Labute approximate surface area is 118 Å². The number of nitrogens with one attached hydrogen (secondary N) is 1. The number of nitrogens with zero attached hydrogens (tertiary/aromatic N) is 1. The van der Waals surface area contributed by atoms with Gasteiger partial charge in [-0.15, -0.1) is 0 Å². The largest absolute Gasteiger partial charge is 0.484 e. The molecule has 0 aliphatic heterocycles. The van der Waals surface area contributed by atoms with E-state index in [1.54, 1.807) is 24.3 Å². The summed E-state index contributed by atoms with van der Waals surface area (Å²) < 4.78 is 5.36. The summed E-state index contributed by atoms with van der Waals surface area (Å²) in [5.41, 5.74) is 6.03. The van der Waals surface area contributed by atoms with Crippen LogP contribution in [0.15, 0.2) is 29.4 Å². The van der Waals surface area contributed by atoms with E-state index in [9.17, 15) is 4.79 Å². The van der Waals surface area contributed by atoms with Crippen LogP contribution < -0.4 is 15.8 Å². The van der Waals surface area contributed by atoms with Crippen LogP contribution in [0, 0.1) is 0 Å². The summed E-state index contributed by atoms with van der Waals surface area (Å²) in [5, 5.41) is 14.3. The second-order valence-corrected chi connectivity index (χ2v) is 4.56. The Morgan fingerprint density at radius 2 is 2.10 bits per heavy atom. The molecule has 1 aromatic rings. The molecule has 20 heavy (non-hydrogen) atoms. The van der Waals surface area contributed by atoms with E-state index < -0.39 is 0 Å². The van der Waals surface area contributed by atoms with E-state index in [0.717, 1.165) is 12.8 Å². The Morgan fingerprint density at radius 1 is 1.45 bits per heavy atom. The zero-order valence-corrected chi connectivity index (χ0v) is 11.8. The number of hydrogen-bond donors (Lipinski definition) is 3. The number of rotatable bonds is 7. The highest BCUT2D eigenvalue weighted by Crippen LogP contribution is 2.11. The summed E-state index contributed by atoms with van der Waals surface area (Å²) in [5.74, 6) is 0.437. The lowest BCUT2D eigenvalue weighted by atomic mass is 10.2. The number of carbonyl (C=O) groups excluding carboxylic acids is 1. The van der Waals surface area contributed by atoms with Gasteiger partial charge in [0, 0.05) is 11.6 Å². The van der Waals surface area contributed by atoms with Crippen LogP contribution in [0.5, 0.6) is 5.75 Å². The zero-order valence-electron chi connectivity index (χ0n) is 11.8. The monoisotopic (exact) mass is 279 g/mol. The average molecular weight is 279 g/mol. The number of hydrogen-bond acceptors (Lipinski definition) is 4. The molecule has 6 heteroatoms. The maximum atomic E-state index is 11.6. The van der Waals surface area contributed by atoms with Gasteiger partial charge in [0.1, 0.15) is 5.75 Å². The highest BCUT2D eigenvalue weighted by atomic mass is 16.5. The van der Waals surface area contributed by atoms with E-state index in [1.165, 1.54) is 0 Å². The van der Waals surface area contributed by atoms with Crippen LogP contribution in [0.4, 0.5) is 0 Å². The summed E-state index contributed by atoms with van der Waals surface area (Å²) in [6.07, 6.45) is 1.97. The van der Waals surface area contributed by atoms with Crippen LogP contribution in [0.2, 0.25) is 0 Å². The molecular formula is C14H21N3O3. The molecule has 0 fully saturated rings. The van der Waals surface area contributed by atoms with Crippen LogP contribution >= 0.6 is 0 Å². The molecule has 0 spiro atoms. The summed E-state index contributed by atoms with van der Waals surface area (Å²) in [6, 6.07) is 6.79. The molecule has 1 aromatic carbocycles. The molecule has 0 saturated carbocycles. The Balaban J connectivity index is 2.44. The molecule has 6 nitrogen and oxygen atoms in total. The van der Waals surface area contributed by atoms with Crippen LogP contribution in [0.1, 0.15) is 32.3 Å². The molecule has 4 N–H and O–H groups in total.